The summed E-state index contributed by atoms with van der Waals surface area (Å²) in [5.74, 6) is 0. The molecule has 2 aliphatic carbocycles. The van der Waals surface area contributed by atoms with Gasteiger partial charge >= 0.3 is 328 Å². The van der Waals surface area contributed by atoms with E-state index in [-0.39, 0.29) is 46.5 Å². The normalized spacial score (nSPS) is 14.6. The molecule has 5 aromatic carbocycles. The second kappa shape index (κ2) is 14.4. The van der Waals surface area contributed by atoms with Crippen molar-refractivity contribution < 1.29 is 18.3 Å². The molecule has 0 radical (unpaired) electrons. The van der Waals surface area contributed by atoms with Crippen LogP contribution in [-0.4, -0.2) is 4.21 Å². The predicted molar refractivity (Wildman–Crippen MR) is 247 cm³/mol. The van der Waals surface area contributed by atoms with E-state index in [0.29, 0.717) is 0 Å². The number of rotatable bonds is 4. The molecule has 55 heavy (non-hydrogen) atoms. The van der Waals surface area contributed by atoms with Gasteiger partial charge in [0.05, 0.1) is 0 Å². The van der Waals surface area contributed by atoms with Crippen molar-refractivity contribution in [2.75, 3.05) is 0 Å². The van der Waals surface area contributed by atoms with Crippen molar-refractivity contribution in [2.24, 2.45) is 0 Å². The molecule has 0 nitrogen and oxygen atoms in total. The zero-order valence-electron chi connectivity index (χ0n) is 35.1. The van der Waals surface area contributed by atoms with Gasteiger partial charge in [-0.2, -0.15) is 0 Å². The molecule has 0 amide bonds. The van der Waals surface area contributed by atoms with Crippen LogP contribution in [0.25, 0.3) is 21.9 Å². The molecule has 290 valence electrons. The predicted octanol–water partition coefficient (Wildman–Crippen LogP) is 13.3. The molecule has 0 spiro atoms. The average Bonchev–Trinajstić information content (AvgIpc) is 3.74. The molecule has 0 heterocycles. The third kappa shape index (κ3) is 6.86. The molecule has 0 aliphatic heterocycles. The van der Waals surface area contributed by atoms with Crippen molar-refractivity contribution in [2.45, 2.75) is 118 Å². The van der Waals surface area contributed by atoms with Crippen LogP contribution in [0, 0.1) is 0 Å². The quantitative estimate of drug-likeness (QED) is 0.166. The van der Waals surface area contributed by atoms with Crippen LogP contribution in [-0.2, 0) is 46.4 Å². The number of hydrogen-bond donors (Lipinski definition) is 0. The molecule has 0 aromatic heterocycles. The van der Waals surface area contributed by atoms with Crippen LogP contribution in [0.1, 0.15) is 123 Å². The molecule has 5 aromatic rings. The zero-order valence-corrected chi connectivity index (χ0v) is 40.0. The molecule has 0 bridgehead atoms. The molecular formula is C51H61Cl3Zr. The Morgan fingerprint density at radius 2 is 1.18 bits per heavy atom. The first-order valence-corrected chi connectivity index (χ1v) is 26.6. The van der Waals surface area contributed by atoms with Gasteiger partial charge in [0.15, 0.2) is 0 Å². The minimum atomic E-state index is -5.26. The topological polar surface area (TPSA) is 0 Å². The monoisotopic (exact) mass is 868 g/mol. The van der Waals surface area contributed by atoms with Gasteiger partial charge in [0.2, 0.25) is 0 Å². The Kier molecular flexibility index (Phi) is 11.4. The summed E-state index contributed by atoms with van der Waals surface area (Å²) in [6.07, 6.45) is 8.90. The van der Waals surface area contributed by atoms with Crippen molar-refractivity contribution in [3.8, 4) is 11.1 Å². The fourth-order valence-electron chi connectivity index (χ4n) is 9.93. The molecule has 0 atom stereocenters. The van der Waals surface area contributed by atoms with Crippen LogP contribution >= 0.6 is 36.4 Å². The van der Waals surface area contributed by atoms with E-state index in [9.17, 15) is 0 Å². The number of halogens is 3. The summed E-state index contributed by atoms with van der Waals surface area (Å²) >= 11 is 1.51. The molecule has 0 saturated heterocycles. The van der Waals surface area contributed by atoms with Gasteiger partial charge in [0.1, 0.15) is 0 Å². The molecule has 7 rings (SSSR count). The van der Waals surface area contributed by atoms with Gasteiger partial charge in [-0.3, -0.25) is 0 Å². The summed E-state index contributed by atoms with van der Waals surface area (Å²) < 4.78 is 11.8. The summed E-state index contributed by atoms with van der Waals surface area (Å²) in [4.78, 5) is 0. The fraction of sp³-hybridized carbons (Fsp3) is 0.353. The number of hydrogen-bond acceptors (Lipinski definition) is 0. The number of fused-ring (bicyclic) bond motifs is 4. The summed E-state index contributed by atoms with van der Waals surface area (Å²) in [6, 6.07) is 32.8. The van der Waals surface area contributed by atoms with E-state index in [1.807, 2.05) is 0 Å². The SMILES string of the molecule is Cl.Cl.[CH2]=[Zr]([C]1=CC=CC1)([c]1ccc(Cl)cc1)([c]1c2c(cc(C(C)(C)C)c1C(C)(C)C)-c1cc(C(C)(C)C)c(C(C)(C)C)cc1C2)[c]1cccc2ccccc12. The van der Waals surface area contributed by atoms with Crippen LogP contribution < -0.4 is 9.81 Å². The zero-order chi connectivity index (χ0) is 38.5. The van der Waals surface area contributed by atoms with Gasteiger partial charge in [0.25, 0.3) is 0 Å². The van der Waals surface area contributed by atoms with Crippen LogP contribution in [0.3, 0.4) is 0 Å². The first-order valence-electron chi connectivity index (χ1n) is 19.6. The Hall–Kier alpha value is -2.54. The second-order valence-corrected chi connectivity index (χ2v) is 33.4. The molecule has 0 fully saturated rings. The van der Waals surface area contributed by atoms with Crippen LogP contribution in [0.5, 0.6) is 0 Å². The van der Waals surface area contributed by atoms with Crippen LogP contribution in [0.2, 0.25) is 5.02 Å². The summed E-state index contributed by atoms with van der Waals surface area (Å²) in [5.41, 5.74) is 11.3. The second-order valence-electron chi connectivity index (χ2n) is 20.2. The Morgan fingerprint density at radius 1 is 0.618 bits per heavy atom. The van der Waals surface area contributed by atoms with E-state index in [1.54, 1.807) is 3.27 Å². The summed E-state index contributed by atoms with van der Waals surface area (Å²) in [5, 5.41) is 3.34. The van der Waals surface area contributed by atoms with E-state index in [2.05, 4.69) is 186 Å². The molecule has 0 N–H and O–H groups in total. The van der Waals surface area contributed by atoms with E-state index in [0.717, 1.165) is 17.9 Å². The first-order chi connectivity index (χ1) is 24.6. The van der Waals surface area contributed by atoms with Gasteiger partial charge in [0, 0.05) is 0 Å². The van der Waals surface area contributed by atoms with Crippen LogP contribution in [0.15, 0.2) is 106 Å². The first kappa shape index (κ1) is 43.6. The summed E-state index contributed by atoms with van der Waals surface area (Å²) in [7, 11) is 0. The van der Waals surface area contributed by atoms with Crippen molar-refractivity contribution in [3.05, 3.63) is 145 Å². The van der Waals surface area contributed by atoms with Gasteiger partial charge in [-0.1, -0.05) is 0 Å². The van der Waals surface area contributed by atoms with E-state index < -0.39 is 18.3 Å². The number of allylic oxidation sites excluding steroid dienone is 4. The Balaban J connectivity index is 0.00000290. The van der Waals surface area contributed by atoms with Crippen molar-refractivity contribution >= 4 is 61.2 Å². The van der Waals surface area contributed by atoms with Gasteiger partial charge in [-0.15, -0.1) is 24.8 Å². The maximum absolute atomic E-state index is 6.78. The third-order valence-electron chi connectivity index (χ3n) is 12.4. The Labute approximate surface area is 350 Å². The molecule has 2 aliphatic rings. The fourth-order valence-corrected chi connectivity index (χ4v) is 27.5. The van der Waals surface area contributed by atoms with E-state index in [1.165, 1.54) is 65.1 Å². The van der Waals surface area contributed by atoms with E-state index >= 15 is 0 Å². The Bertz CT molecular complexity index is 2430. The van der Waals surface area contributed by atoms with E-state index in [4.69, 9.17) is 15.8 Å². The molecular weight excluding hydrogens is 810 g/mol. The van der Waals surface area contributed by atoms with Gasteiger partial charge in [-0.05, 0) is 0 Å². The standard InChI is InChI=1S/C29H41.C10H7.C6H4Cl.C5H5.CH2.2ClH.Zr/c1-26(2,3)22-14-18-13-19-15-23(27(4,5)6)25(29(10,11)12)17-21(19)20(18)16-24(22)28(7,8)9;1-2-6-10-8-4-3-7-9(10)5-1;7-6-4-2-1-3-5-6;1-2-4-5-3-1;;;;/h14,16-17H,13H2,1-12H3;1-7H;2-5H;1-3H,4H2;1H2;2*1H;. The minimum absolute atomic E-state index is 0. The van der Waals surface area contributed by atoms with Gasteiger partial charge in [-0.25, -0.2) is 0 Å². The Morgan fingerprint density at radius 3 is 1.75 bits per heavy atom. The maximum atomic E-state index is 6.78. The van der Waals surface area contributed by atoms with Crippen LogP contribution in [0.4, 0.5) is 0 Å². The summed E-state index contributed by atoms with van der Waals surface area (Å²) in [6.45, 7) is 28.8. The number of benzene rings is 5. The third-order valence-corrected chi connectivity index (χ3v) is 29.1. The molecule has 0 unspecified atom stereocenters. The van der Waals surface area contributed by atoms with Crippen molar-refractivity contribution in [3.63, 3.8) is 0 Å². The van der Waals surface area contributed by atoms with Crippen molar-refractivity contribution in [1.82, 2.24) is 0 Å². The molecule has 4 heteroatoms. The average molecular weight is 872 g/mol. The molecule has 0 saturated carbocycles. The van der Waals surface area contributed by atoms with Gasteiger partial charge < -0.3 is 0 Å². The van der Waals surface area contributed by atoms with Crippen molar-refractivity contribution in [1.29, 1.82) is 0 Å².